The summed E-state index contributed by atoms with van der Waals surface area (Å²) in [4.78, 5) is 1.46. The maximum absolute atomic E-state index is 5.71. The van der Waals surface area contributed by atoms with Gasteiger partial charge in [-0.3, -0.25) is 0 Å². The lowest BCUT2D eigenvalue weighted by Crippen LogP contribution is -2.26. The highest BCUT2D eigenvalue weighted by atomic mass is 32.1. The van der Waals surface area contributed by atoms with Crippen LogP contribution in [0.15, 0.2) is 11.4 Å². The van der Waals surface area contributed by atoms with Crippen LogP contribution in [0.3, 0.4) is 0 Å². The molecule has 0 amide bonds. The van der Waals surface area contributed by atoms with E-state index in [9.17, 15) is 0 Å². The molecule has 0 saturated heterocycles. The zero-order valence-electron chi connectivity index (χ0n) is 11.3. The summed E-state index contributed by atoms with van der Waals surface area (Å²) < 4.78 is 5.71. The second kappa shape index (κ2) is 8.67. The van der Waals surface area contributed by atoms with E-state index in [0.717, 1.165) is 39.0 Å². The molecule has 17 heavy (non-hydrogen) atoms. The van der Waals surface area contributed by atoms with E-state index in [-0.39, 0.29) is 0 Å². The van der Waals surface area contributed by atoms with Crippen LogP contribution in [0.2, 0.25) is 0 Å². The van der Waals surface area contributed by atoms with Crippen molar-refractivity contribution in [2.45, 2.75) is 46.1 Å². The number of hydrogen-bond donors (Lipinski definition) is 1. The molecule has 1 atom stereocenters. The van der Waals surface area contributed by atoms with Crippen molar-refractivity contribution in [3.63, 3.8) is 0 Å². The molecule has 1 N–H and O–H groups in total. The summed E-state index contributed by atoms with van der Waals surface area (Å²) >= 11 is 1.85. The number of aryl methyl sites for hydroxylation is 1. The van der Waals surface area contributed by atoms with Crippen molar-refractivity contribution < 1.29 is 4.74 Å². The fourth-order valence-electron chi connectivity index (χ4n) is 1.84. The van der Waals surface area contributed by atoms with E-state index in [4.69, 9.17) is 4.74 Å². The summed E-state index contributed by atoms with van der Waals surface area (Å²) in [6.45, 7) is 9.28. The van der Waals surface area contributed by atoms with Gasteiger partial charge in [-0.15, -0.1) is 11.3 Å². The first kappa shape index (κ1) is 14.7. The van der Waals surface area contributed by atoms with E-state index in [1.807, 2.05) is 11.3 Å². The van der Waals surface area contributed by atoms with Crippen LogP contribution in [0.25, 0.3) is 0 Å². The predicted octanol–water partition coefficient (Wildman–Crippen LogP) is 3.78. The quantitative estimate of drug-likeness (QED) is 0.678. The molecule has 1 heterocycles. The maximum Gasteiger partial charge on any atom is 0.0669 e. The van der Waals surface area contributed by atoms with Crippen molar-refractivity contribution in [1.82, 2.24) is 5.32 Å². The van der Waals surface area contributed by atoms with Crippen molar-refractivity contribution in [1.29, 1.82) is 0 Å². The molecule has 2 nitrogen and oxygen atoms in total. The fourth-order valence-corrected chi connectivity index (χ4v) is 2.89. The van der Waals surface area contributed by atoms with Crippen LogP contribution in [-0.2, 0) is 11.2 Å². The Balaban J connectivity index is 2.60. The molecule has 1 aromatic rings. The molecular formula is C14H25NOS. The van der Waals surface area contributed by atoms with Gasteiger partial charge in [-0.1, -0.05) is 20.8 Å². The Labute approximate surface area is 109 Å². The van der Waals surface area contributed by atoms with Crippen molar-refractivity contribution in [3.8, 4) is 0 Å². The van der Waals surface area contributed by atoms with Gasteiger partial charge >= 0.3 is 0 Å². The third-order valence-electron chi connectivity index (χ3n) is 2.75. The van der Waals surface area contributed by atoms with E-state index < -0.39 is 0 Å². The zero-order valence-corrected chi connectivity index (χ0v) is 12.1. The summed E-state index contributed by atoms with van der Waals surface area (Å²) in [5.41, 5.74) is 1.46. The van der Waals surface area contributed by atoms with Crippen molar-refractivity contribution in [3.05, 3.63) is 21.9 Å². The van der Waals surface area contributed by atoms with Gasteiger partial charge in [0.2, 0.25) is 0 Å². The third kappa shape index (κ3) is 4.78. The molecule has 1 rings (SSSR count). The molecule has 1 aromatic heterocycles. The summed E-state index contributed by atoms with van der Waals surface area (Å²) in [6, 6.07) is 2.61. The lowest BCUT2D eigenvalue weighted by molar-refractivity contribution is 0.112. The molecule has 0 aliphatic heterocycles. The number of ether oxygens (including phenoxy) is 1. The Hall–Kier alpha value is -0.380. The van der Waals surface area contributed by atoms with Gasteiger partial charge in [0.15, 0.2) is 0 Å². The average Bonchev–Trinajstić information content (AvgIpc) is 2.81. The van der Waals surface area contributed by atoms with Gasteiger partial charge in [-0.2, -0.15) is 0 Å². The van der Waals surface area contributed by atoms with Crippen molar-refractivity contribution in [2.24, 2.45) is 0 Å². The van der Waals surface area contributed by atoms with E-state index >= 15 is 0 Å². The number of rotatable bonds is 9. The number of nitrogens with one attached hydrogen (secondary N) is 1. The molecule has 0 aliphatic rings. The first-order chi connectivity index (χ1) is 8.33. The van der Waals surface area contributed by atoms with Crippen LogP contribution in [0.4, 0.5) is 0 Å². The lowest BCUT2D eigenvalue weighted by Gasteiger charge is -2.19. The molecular weight excluding hydrogens is 230 g/mol. The van der Waals surface area contributed by atoms with Gasteiger partial charge in [-0.25, -0.2) is 0 Å². The molecule has 0 aromatic carbocycles. The Bertz CT molecular complexity index is 298. The summed E-state index contributed by atoms with van der Waals surface area (Å²) in [5.74, 6) is 0. The smallest absolute Gasteiger partial charge is 0.0669 e. The molecule has 98 valence electrons. The Morgan fingerprint density at radius 3 is 2.76 bits per heavy atom. The largest absolute Gasteiger partial charge is 0.379 e. The van der Waals surface area contributed by atoms with E-state index in [1.165, 1.54) is 10.4 Å². The van der Waals surface area contributed by atoms with Crippen LogP contribution in [-0.4, -0.2) is 19.8 Å². The first-order valence-electron chi connectivity index (χ1n) is 6.70. The van der Waals surface area contributed by atoms with Crippen LogP contribution >= 0.6 is 11.3 Å². The normalized spacial score (nSPS) is 12.9. The summed E-state index contributed by atoms with van der Waals surface area (Å²) in [5, 5.41) is 5.78. The second-order valence-electron chi connectivity index (χ2n) is 4.25. The summed E-state index contributed by atoms with van der Waals surface area (Å²) in [6.07, 6.45) is 3.36. The standard InChI is InChI=1S/C14H25NOS/c1-4-8-15-13(11-16-9-5-2)14-12(6-3)7-10-17-14/h7,10,13,15H,4-6,8-9,11H2,1-3H3. The van der Waals surface area contributed by atoms with Crippen LogP contribution in [0, 0.1) is 0 Å². The van der Waals surface area contributed by atoms with Gasteiger partial charge in [0.1, 0.15) is 0 Å². The highest BCUT2D eigenvalue weighted by molar-refractivity contribution is 7.10. The maximum atomic E-state index is 5.71. The summed E-state index contributed by atoms with van der Waals surface area (Å²) in [7, 11) is 0. The molecule has 0 saturated carbocycles. The average molecular weight is 255 g/mol. The number of hydrogen-bond acceptors (Lipinski definition) is 3. The van der Waals surface area contributed by atoms with E-state index in [2.05, 4.69) is 37.5 Å². The van der Waals surface area contributed by atoms with Gasteiger partial charge in [0.25, 0.3) is 0 Å². The van der Waals surface area contributed by atoms with E-state index in [0.29, 0.717) is 6.04 Å². The van der Waals surface area contributed by atoms with Crippen LogP contribution in [0.1, 0.15) is 50.1 Å². The Morgan fingerprint density at radius 1 is 1.29 bits per heavy atom. The predicted molar refractivity (Wildman–Crippen MR) is 75.8 cm³/mol. The van der Waals surface area contributed by atoms with Gasteiger partial charge in [-0.05, 0) is 42.8 Å². The lowest BCUT2D eigenvalue weighted by atomic mass is 10.1. The van der Waals surface area contributed by atoms with Gasteiger partial charge in [0.05, 0.1) is 12.6 Å². The SMILES string of the molecule is CCCNC(COCCC)c1sccc1CC. The Morgan fingerprint density at radius 2 is 2.12 bits per heavy atom. The topological polar surface area (TPSA) is 21.3 Å². The molecule has 0 bridgehead atoms. The van der Waals surface area contributed by atoms with Crippen LogP contribution in [0.5, 0.6) is 0 Å². The van der Waals surface area contributed by atoms with Crippen molar-refractivity contribution in [2.75, 3.05) is 19.8 Å². The molecule has 3 heteroatoms. The minimum Gasteiger partial charge on any atom is -0.379 e. The highest BCUT2D eigenvalue weighted by Gasteiger charge is 2.15. The Kier molecular flexibility index (Phi) is 7.49. The minimum atomic E-state index is 0.372. The zero-order chi connectivity index (χ0) is 12.5. The molecule has 0 radical (unpaired) electrons. The monoisotopic (exact) mass is 255 g/mol. The molecule has 1 unspecified atom stereocenters. The molecule has 0 aliphatic carbocycles. The van der Waals surface area contributed by atoms with Gasteiger partial charge < -0.3 is 10.1 Å². The van der Waals surface area contributed by atoms with Crippen molar-refractivity contribution >= 4 is 11.3 Å². The van der Waals surface area contributed by atoms with Crippen LogP contribution < -0.4 is 5.32 Å². The minimum absolute atomic E-state index is 0.372. The van der Waals surface area contributed by atoms with Gasteiger partial charge in [0, 0.05) is 11.5 Å². The second-order valence-corrected chi connectivity index (χ2v) is 5.19. The fraction of sp³-hybridized carbons (Fsp3) is 0.714. The molecule has 0 fully saturated rings. The molecule has 0 spiro atoms. The number of thiophene rings is 1. The van der Waals surface area contributed by atoms with E-state index in [1.54, 1.807) is 0 Å². The first-order valence-corrected chi connectivity index (χ1v) is 7.58. The highest BCUT2D eigenvalue weighted by Crippen LogP contribution is 2.25. The third-order valence-corrected chi connectivity index (χ3v) is 3.82.